The summed E-state index contributed by atoms with van der Waals surface area (Å²) in [5.74, 6) is 0.625. The molecule has 1 N–H and O–H groups in total. The van der Waals surface area contributed by atoms with E-state index in [9.17, 15) is 5.11 Å². The Morgan fingerprint density at radius 2 is 2.47 bits per heavy atom. The molecule has 15 heavy (non-hydrogen) atoms. The number of hydrogen-bond acceptors (Lipinski definition) is 1. The average Bonchev–Trinajstić information content (AvgIpc) is 2.26. The maximum absolute atomic E-state index is 9.89. The molecule has 0 bridgehead atoms. The minimum atomic E-state index is -0.255. The topological polar surface area (TPSA) is 20.2 Å². The van der Waals surface area contributed by atoms with Gasteiger partial charge in [0.2, 0.25) is 0 Å². The van der Waals surface area contributed by atoms with Crippen LogP contribution in [0.2, 0.25) is 0 Å². The van der Waals surface area contributed by atoms with E-state index in [2.05, 4.69) is 26.2 Å². The van der Waals surface area contributed by atoms with E-state index in [0.29, 0.717) is 5.92 Å². The van der Waals surface area contributed by atoms with Crippen molar-refractivity contribution in [3.05, 3.63) is 36.5 Å². The molecule has 0 saturated carbocycles. The van der Waals surface area contributed by atoms with E-state index in [4.69, 9.17) is 0 Å². The first kappa shape index (κ1) is 12.3. The first-order chi connectivity index (χ1) is 7.15. The lowest BCUT2D eigenvalue weighted by Gasteiger charge is -2.24. The second-order valence-corrected chi connectivity index (χ2v) is 4.48. The van der Waals surface area contributed by atoms with Gasteiger partial charge in [-0.05, 0) is 50.5 Å². The van der Waals surface area contributed by atoms with E-state index in [0.717, 1.165) is 32.1 Å². The zero-order valence-corrected chi connectivity index (χ0v) is 9.71. The Kier molecular flexibility index (Phi) is 4.83. The van der Waals surface area contributed by atoms with Gasteiger partial charge in [0.15, 0.2) is 0 Å². The first-order valence-electron chi connectivity index (χ1n) is 5.78. The molecule has 0 aromatic rings. The van der Waals surface area contributed by atoms with Crippen LogP contribution in [0.4, 0.5) is 0 Å². The maximum Gasteiger partial charge on any atom is 0.0753 e. The Morgan fingerprint density at radius 1 is 1.73 bits per heavy atom. The summed E-state index contributed by atoms with van der Waals surface area (Å²) >= 11 is 0. The highest BCUT2D eigenvalue weighted by molar-refractivity contribution is 5.15. The predicted octanol–water partition coefficient (Wildman–Crippen LogP) is 3.62. The molecule has 84 valence electrons. The van der Waals surface area contributed by atoms with Gasteiger partial charge in [0, 0.05) is 0 Å². The summed E-state index contributed by atoms with van der Waals surface area (Å²) in [4.78, 5) is 0. The molecular weight excluding hydrogens is 184 g/mol. The lowest BCUT2D eigenvalue weighted by atomic mass is 9.83. The molecule has 0 amide bonds. The standard InChI is InChI=1S/C14H22O/c1-4-5-6-14(15)13-9-7-12(8-10-13)11(2)3/h4,9,12,14-15H,1-2,5-8,10H2,3H3/t12-,14?/m1/s1. The molecule has 1 heteroatoms. The van der Waals surface area contributed by atoms with Crippen molar-refractivity contribution in [3.63, 3.8) is 0 Å². The fraction of sp³-hybridized carbons (Fsp3) is 0.571. The SMILES string of the molecule is C=CCCC(O)C1=CC[C@@H](C(=C)C)CC1. The van der Waals surface area contributed by atoms with Crippen molar-refractivity contribution in [1.29, 1.82) is 0 Å². The van der Waals surface area contributed by atoms with Crippen molar-refractivity contribution in [2.24, 2.45) is 5.92 Å². The maximum atomic E-state index is 9.89. The van der Waals surface area contributed by atoms with Gasteiger partial charge >= 0.3 is 0 Å². The Labute approximate surface area is 93.2 Å². The average molecular weight is 206 g/mol. The van der Waals surface area contributed by atoms with Crippen molar-refractivity contribution in [2.45, 2.75) is 45.1 Å². The zero-order valence-electron chi connectivity index (χ0n) is 9.71. The van der Waals surface area contributed by atoms with Gasteiger partial charge in [-0.3, -0.25) is 0 Å². The molecule has 0 aromatic carbocycles. The van der Waals surface area contributed by atoms with Crippen LogP contribution >= 0.6 is 0 Å². The first-order valence-corrected chi connectivity index (χ1v) is 5.78. The second-order valence-electron chi connectivity index (χ2n) is 4.48. The molecule has 1 aliphatic rings. The van der Waals surface area contributed by atoms with Crippen LogP contribution in [0.1, 0.15) is 39.0 Å². The number of aliphatic hydroxyl groups excluding tert-OH is 1. The van der Waals surface area contributed by atoms with E-state index in [1.807, 2.05) is 6.08 Å². The van der Waals surface area contributed by atoms with Gasteiger partial charge in [-0.1, -0.05) is 24.3 Å². The molecular formula is C14H22O. The Bertz CT molecular complexity index is 263. The quantitative estimate of drug-likeness (QED) is 0.681. The molecule has 1 unspecified atom stereocenters. The fourth-order valence-electron chi connectivity index (χ4n) is 2.07. The molecule has 0 saturated heterocycles. The van der Waals surface area contributed by atoms with Gasteiger partial charge in [0.25, 0.3) is 0 Å². The van der Waals surface area contributed by atoms with Crippen LogP contribution in [0, 0.1) is 5.92 Å². The predicted molar refractivity (Wildman–Crippen MR) is 65.7 cm³/mol. The van der Waals surface area contributed by atoms with E-state index >= 15 is 0 Å². The molecule has 0 aliphatic heterocycles. The zero-order chi connectivity index (χ0) is 11.3. The van der Waals surface area contributed by atoms with Gasteiger partial charge in [-0.2, -0.15) is 0 Å². The molecule has 1 rings (SSSR count). The van der Waals surface area contributed by atoms with Crippen LogP contribution in [-0.2, 0) is 0 Å². The van der Waals surface area contributed by atoms with E-state index in [1.165, 1.54) is 11.1 Å². The van der Waals surface area contributed by atoms with Gasteiger partial charge in [0.1, 0.15) is 0 Å². The van der Waals surface area contributed by atoms with Crippen molar-refractivity contribution in [3.8, 4) is 0 Å². The fourth-order valence-corrected chi connectivity index (χ4v) is 2.07. The highest BCUT2D eigenvalue weighted by Crippen LogP contribution is 2.30. The van der Waals surface area contributed by atoms with Crippen molar-refractivity contribution >= 4 is 0 Å². The summed E-state index contributed by atoms with van der Waals surface area (Å²) in [5.41, 5.74) is 2.49. The molecule has 1 aliphatic carbocycles. The van der Waals surface area contributed by atoms with Crippen LogP contribution in [0.5, 0.6) is 0 Å². The van der Waals surface area contributed by atoms with E-state index < -0.39 is 0 Å². The smallest absolute Gasteiger partial charge is 0.0753 e. The van der Waals surface area contributed by atoms with Crippen LogP contribution in [-0.4, -0.2) is 11.2 Å². The number of allylic oxidation sites excluding steroid dienone is 3. The molecule has 0 radical (unpaired) electrons. The van der Waals surface area contributed by atoms with E-state index in [-0.39, 0.29) is 6.10 Å². The third-order valence-corrected chi connectivity index (χ3v) is 3.22. The molecule has 0 aromatic heterocycles. The van der Waals surface area contributed by atoms with Crippen LogP contribution < -0.4 is 0 Å². The summed E-state index contributed by atoms with van der Waals surface area (Å²) in [6.45, 7) is 9.76. The molecule has 2 atom stereocenters. The minimum Gasteiger partial charge on any atom is -0.389 e. The second kappa shape index (κ2) is 5.92. The van der Waals surface area contributed by atoms with Gasteiger partial charge in [-0.25, -0.2) is 0 Å². The normalized spacial score (nSPS) is 23.1. The van der Waals surface area contributed by atoms with Crippen LogP contribution in [0.15, 0.2) is 36.5 Å². The summed E-state index contributed by atoms with van der Waals surface area (Å²) in [5, 5.41) is 9.89. The number of aliphatic hydroxyl groups is 1. The summed E-state index contributed by atoms with van der Waals surface area (Å²) in [6, 6.07) is 0. The van der Waals surface area contributed by atoms with Gasteiger partial charge in [0.05, 0.1) is 6.10 Å². The van der Waals surface area contributed by atoms with Crippen molar-refractivity contribution in [1.82, 2.24) is 0 Å². The molecule has 1 nitrogen and oxygen atoms in total. The third-order valence-electron chi connectivity index (χ3n) is 3.22. The Hall–Kier alpha value is -0.820. The molecule has 0 heterocycles. The van der Waals surface area contributed by atoms with Crippen molar-refractivity contribution < 1.29 is 5.11 Å². The molecule has 0 spiro atoms. The largest absolute Gasteiger partial charge is 0.389 e. The highest BCUT2D eigenvalue weighted by Gasteiger charge is 2.18. The summed E-state index contributed by atoms with van der Waals surface area (Å²) in [6.07, 6.45) is 8.74. The van der Waals surface area contributed by atoms with E-state index in [1.54, 1.807) is 0 Å². The number of rotatable bonds is 5. The van der Waals surface area contributed by atoms with Gasteiger partial charge < -0.3 is 5.11 Å². The lowest BCUT2D eigenvalue weighted by molar-refractivity contribution is 0.193. The van der Waals surface area contributed by atoms with Gasteiger partial charge in [-0.15, -0.1) is 6.58 Å². The minimum absolute atomic E-state index is 0.255. The summed E-state index contributed by atoms with van der Waals surface area (Å²) in [7, 11) is 0. The monoisotopic (exact) mass is 206 g/mol. The van der Waals surface area contributed by atoms with Crippen molar-refractivity contribution in [2.75, 3.05) is 0 Å². The van der Waals surface area contributed by atoms with Crippen LogP contribution in [0.3, 0.4) is 0 Å². The Balaban J connectivity index is 2.45. The third kappa shape index (κ3) is 3.67. The van der Waals surface area contributed by atoms with Crippen LogP contribution in [0.25, 0.3) is 0 Å². The Morgan fingerprint density at radius 3 is 2.93 bits per heavy atom. The molecule has 0 fully saturated rings. The highest BCUT2D eigenvalue weighted by atomic mass is 16.3. The summed E-state index contributed by atoms with van der Waals surface area (Å²) < 4.78 is 0. The number of hydrogen-bond donors (Lipinski definition) is 1. The lowest BCUT2D eigenvalue weighted by Crippen LogP contribution is -2.16.